The van der Waals surface area contributed by atoms with Crippen molar-refractivity contribution in [2.45, 2.75) is 6.92 Å². The summed E-state index contributed by atoms with van der Waals surface area (Å²) in [7, 11) is 1.92. The second kappa shape index (κ2) is 6.65. The summed E-state index contributed by atoms with van der Waals surface area (Å²) < 4.78 is 0. The van der Waals surface area contributed by atoms with Crippen LogP contribution >= 0.6 is 12.2 Å². The number of carbonyl (C=O) groups is 2. The van der Waals surface area contributed by atoms with E-state index in [2.05, 4.69) is 65.9 Å². The molecule has 0 aliphatic carbocycles. The van der Waals surface area contributed by atoms with Gasteiger partial charge in [0.25, 0.3) is 11.8 Å². The van der Waals surface area contributed by atoms with Gasteiger partial charge in [0, 0.05) is 12.7 Å². The maximum Gasteiger partial charge on any atom is 0.262 e. The van der Waals surface area contributed by atoms with Gasteiger partial charge in [0.2, 0.25) is 0 Å². The molecule has 1 aromatic rings. The zero-order valence-electron chi connectivity index (χ0n) is 10.7. The Morgan fingerprint density at radius 3 is 2.00 bits per heavy atom. The first kappa shape index (κ1) is 14.8. The van der Waals surface area contributed by atoms with Crippen molar-refractivity contribution in [3.8, 4) is 0 Å². The van der Waals surface area contributed by atoms with Crippen molar-refractivity contribution in [2.24, 2.45) is 0 Å². The van der Waals surface area contributed by atoms with Crippen LogP contribution in [0, 0.1) is 6.92 Å². The smallest absolute Gasteiger partial charge is 0.262 e. The molecule has 100 valence electrons. The Bertz CT molecular complexity index is 501. The van der Waals surface area contributed by atoms with Gasteiger partial charge >= 0.3 is 0 Å². The van der Waals surface area contributed by atoms with Crippen LogP contribution in [-0.2, 0) is 9.59 Å². The van der Waals surface area contributed by atoms with Crippen LogP contribution in [0.3, 0.4) is 0 Å². The second-order valence-electron chi connectivity index (χ2n) is 3.83. The topological polar surface area (TPSA) is 70.2 Å². The molecule has 0 atom stereocenters. The van der Waals surface area contributed by atoms with E-state index < -0.39 is 11.8 Å². The van der Waals surface area contributed by atoms with Crippen LogP contribution in [0.5, 0.6) is 0 Å². The van der Waals surface area contributed by atoms with E-state index in [-0.39, 0.29) is 10.7 Å². The summed E-state index contributed by atoms with van der Waals surface area (Å²) in [6.07, 6.45) is 0. The number of hydrogen-bond donors (Lipinski definition) is 3. The highest BCUT2D eigenvalue weighted by molar-refractivity contribution is 7.80. The molecule has 0 spiro atoms. The Balaban J connectivity index is 0.000000191. The maximum atomic E-state index is 10.7. The SMILES string of the molecule is C=C1C(=O)NC(=S)NC1=O.CNc1ccc(C)cc1. The third-order valence-electron chi connectivity index (χ3n) is 2.34. The Kier molecular flexibility index (Phi) is 5.20. The fraction of sp³-hybridized carbons (Fsp3) is 0.154. The van der Waals surface area contributed by atoms with Gasteiger partial charge in [0.15, 0.2) is 5.11 Å². The minimum absolute atomic E-state index is 0.0300. The highest BCUT2D eigenvalue weighted by Crippen LogP contribution is 2.06. The van der Waals surface area contributed by atoms with Gasteiger partial charge in [-0.25, -0.2) is 0 Å². The van der Waals surface area contributed by atoms with Crippen LogP contribution in [-0.4, -0.2) is 24.0 Å². The Hall–Kier alpha value is -2.21. The van der Waals surface area contributed by atoms with E-state index in [0.717, 1.165) is 0 Å². The van der Waals surface area contributed by atoms with Crippen molar-refractivity contribution in [1.82, 2.24) is 10.6 Å². The van der Waals surface area contributed by atoms with Crippen LogP contribution in [0.25, 0.3) is 0 Å². The lowest BCUT2D eigenvalue weighted by Gasteiger charge is -2.14. The highest BCUT2D eigenvalue weighted by atomic mass is 32.1. The molecule has 1 heterocycles. The average Bonchev–Trinajstić information content (AvgIpc) is 2.37. The monoisotopic (exact) mass is 277 g/mol. The highest BCUT2D eigenvalue weighted by Gasteiger charge is 2.22. The van der Waals surface area contributed by atoms with Crippen LogP contribution in [0.2, 0.25) is 0 Å². The van der Waals surface area contributed by atoms with E-state index in [0.29, 0.717) is 0 Å². The van der Waals surface area contributed by atoms with Crippen LogP contribution in [0.15, 0.2) is 36.4 Å². The van der Waals surface area contributed by atoms with Crippen molar-refractivity contribution in [1.29, 1.82) is 0 Å². The lowest BCUT2D eigenvalue weighted by atomic mass is 10.2. The van der Waals surface area contributed by atoms with Gasteiger partial charge in [-0.05, 0) is 31.3 Å². The summed E-state index contributed by atoms with van der Waals surface area (Å²) in [6.45, 7) is 5.31. The molecule has 2 rings (SSSR count). The van der Waals surface area contributed by atoms with Gasteiger partial charge in [-0.15, -0.1) is 0 Å². The van der Waals surface area contributed by atoms with E-state index in [1.165, 1.54) is 11.3 Å². The number of rotatable bonds is 1. The van der Waals surface area contributed by atoms with E-state index in [1.807, 2.05) is 7.05 Å². The average molecular weight is 277 g/mol. The predicted molar refractivity (Wildman–Crippen MR) is 78.7 cm³/mol. The standard InChI is InChI=1S/C8H11N.C5H4N2O2S/c1-7-3-5-8(9-2)6-4-7;1-2-3(8)6-5(10)7-4(2)9/h3-6,9H,1-2H3;1H2,(H2,6,7,8,9,10). The molecule has 0 saturated carbocycles. The van der Waals surface area contributed by atoms with Gasteiger partial charge in [0.1, 0.15) is 0 Å². The number of anilines is 1. The summed E-state index contributed by atoms with van der Waals surface area (Å²) in [4.78, 5) is 21.3. The molecule has 1 aliphatic heterocycles. The molecule has 5 nitrogen and oxygen atoms in total. The van der Waals surface area contributed by atoms with Crippen molar-refractivity contribution < 1.29 is 9.59 Å². The number of nitrogens with one attached hydrogen (secondary N) is 3. The van der Waals surface area contributed by atoms with E-state index >= 15 is 0 Å². The fourth-order valence-corrected chi connectivity index (χ4v) is 1.40. The van der Waals surface area contributed by atoms with Crippen molar-refractivity contribution in [3.05, 3.63) is 42.0 Å². The van der Waals surface area contributed by atoms with Gasteiger partial charge in [-0.3, -0.25) is 20.2 Å². The number of hydrogen-bond acceptors (Lipinski definition) is 4. The first-order chi connectivity index (χ1) is 8.93. The molecule has 0 aromatic heterocycles. The number of benzene rings is 1. The lowest BCUT2D eigenvalue weighted by molar-refractivity contribution is -0.123. The molecule has 3 N–H and O–H groups in total. The second-order valence-corrected chi connectivity index (χ2v) is 4.24. The minimum Gasteiger partial charge on any atom is -0.388 e. The molecular formula is C13H15N3O2S. The number of carbonyl (C=O) groups excluding carboxylic acids is 2. The summed E-state index contributed by atoms with van der Waals surface area (Å²) in [5.41, 5.74) is 2.35. The molecule has 0 unspecified atom stereocenters. The number of thiocarbonyl (C=S) groups is 1. The minimum atomic E-state index is -0.534. The van der Waals surface area contributed by atoms with Gasteiger partial charge in [0.05, 0.1) is 5.57 Å². The summed E-state index contributed by atoms with van der Waals surface area (Å²) in [6, 6.07) is 8.31. The maximum absolute atomic E-state index is 10.7. The molecule has 6 heteroatoms. The summed E-state index contributed by atoms with van der Waals surface area (Å²) in [5.74, 6) is -1.07. The predicted octanol–water partition coefficient (Wildman–Crippen LogP) is 1.11. The van der Waals surface area contributed by atoms with Crippen LogP contribution < -0.4 is 16.0 Å². The largest absolute Gasteiger partial charge is 0.388 e. The van der Waals surface area contributed by atoms with Gasteiger partial charge < -0.3 is 5.32 Å². The molecule has 19 heavy (non-hydrogen) atoms. The van der Waals surface area contributed by atoms with Crippen molar-refractivity contribution in [3.63, 3.8) is 0 Å². The third kappa shape index (κ3) is 4.51. The first-order valence-electron chi connectivity index (χ1n) is 5.54. The van der Waals surface area contributed by atoms with E-state index in [1.54, 1.807) is 0 Å². The molecule has 1 aliphatic rings. The molecule has 2 amide bonds. The molecule has 1 aromatic carbocycles. The summed E-state index contributed by atoms with van der Waals surface area (Å²) in [5, 5.41) is 7.53. The van der Waals surface area contributed by atoms with E-state index in [4.69, 9.17) is 0 Å². The molecule has 1 fully saturated rings. The van der Waals surface area contributed by atoms with Gasteiger partial charge in [-0.1, -0.05) is 24.3 Å². The quantitative estimate of drug-likeness (QED) is 0.408. The Morgan fingerprint density at radius 1 is 1.11 bits per heavy atom. The first-order valence-corrected chi connectivity index (χ1v) is 5.95. The zero-order valence-corrected chi connectivity index (χ0v) is 11.6. The molecule has 1 saturated heterocycles. The number of aryl methyl sites for hydroxylation is 1. The molecule has 0 radical (unpaired) electrons. The molecular weight excluding hydrogens is 262 g/mol. The Morgan fingerprint density at radius 2 is 1.58 bits per heavy atom. The van der Waals surface area contributed by atoms with Crippen LogP contribution in [0.1, 0.15) is 5.56 Å². The lowest BCUT2D eigenvalue weighted by Crippen LogP contribution is -2.50. The summed E-state index contributed by atoms with van der Waals surface area (Å²) >= 11 is 4.51. The van der Waals surface area contributed by atoms with Crippen LogP contribution in [0.4, 0.5) is 5.69 Å². The van der Waals surface area contributed by atoms with Crippen molar-refractivity contribution in [2.75, 3.05) is 12.4 Å². The third-order valence-corrected chi connectivity index (χ3v) is 2.55. The fourth-order valence-electron chi connectivity index (χ4n) is 1.21. The van der Waals surface area contributed by atoms with E-state index in [9.17, 15) is 9.59 Å². The Labute approximate surface area is 117 Å². The van der Waals surface area contributed by atoms with Gasteiger partial charge in [-0.2, -0.15) is 0 Å². The zero-order chi connectivity index (χ0) is 14.4. The number of amides is 2. The molecule has 0 bridgehead atoms. The van der Waals surface area contributed by atoms with Crippen molar-refractivity contribution >= 4 is 34.8 Å². The normalized spacial score (nSPS) is 14.0.